The van der Waals surface area contributed by atoms with Crippen LogP contribution in [0.15, 0.2) is 29.8 Å². The molecule has 0 aromatic heterocycles. The molecule has 2 heterocycles. The fraction of sp³-hybridized carbons (Fsp3) is 0.516. The van der Waals surface area contributed by atoms with Gasteiger partial charge in [0.25, 0.3) is 0 Å². The Morgan fingerprint density at radius 2 is 1.60 bits per heavy atom. The van der Waals surface area contributed by atoms with Crippen LogP contribution in [-0.2, 0) is 4.84 Å². The number of methoxy groups -OCH3 is 5. The third-order valence-electron chi connectivity index (χ3n) is 7.62. The summed E-state index contributed by atoms with van der Waals surface area (Å²) in [4.78, 5) is 19.6. The second-order valence-corrected chi connectivity index (χ2v) is 10.5. The standard InChI is InChI=1S/C31H43N3O9/c1-33(2)31(36)32-20-10-12-34(13-11-20)42-14-8-9-22-28(35)27-23(38-4)17-21(37-3)18-24(27)43-29(22)19-15-25(39-5)30(41-7)26(16-19)40-6/h15-18,20,28,35H,8-14H2,1-7H3,(H,32,36). The van der Waals surface area contributed by atoms with Gasteiger partial charge in [0.2, 0.25) is 5.75 Å². The van der Waals surface area contributed by atoms with Gasteiger partial charge in [0.15, 0.2) is 11.5 Å². The number of rotatable bonds is 12. The number of carbonyl (C=O) groups excluding carboxylic acids is 1. The van der Waals surface area contributed by atoms with Gasteiger partial charge in [-0.1, -0.05) is 0 Å². The Morgan fingerprint density at radius 1 is 0.953 bits per heavy atom. The molecule has 1 unspecified atom stereocenters. The molecule has 2 N–H and O–H groups in total. The first kappa shape index (κ1) is 32.1. The number of hydroxylamine groups is 2. The van der Waals surface area contributed by atoms with Crippen LogP contribution in [0.4, 0.5) is 4.79 Å². The third-order valence-corrected chi connectivity index (χ3v) is 7.62. The minimum atomic E-state index is -1.00. The predicted octanol–water partition coefficient (Wildman–Crippen LogP) is 4.01. The van der Waals surface area contributed by atoms with Crippen molar-refractivity contribution in [3.05, 3.63) is 41.0 Å². The van der Waals surface area contributed by atoms with E-state index in [0.717, 1.165) is 25.9 Å². The fourth-order valence-corrected chi connectivity index (χ4v) is 5.29. The molecule has 236 valence electrons. The Labute approximate surface area is 252 Å². The lowest BCUT2D eigenvalue weighted by atomic mass is 9.90. The van der Waals surface area contributed by atoms with Crippen LogP contribution >= 0.6 is 0 Å². The number of fused-ring (bicyclic) bond motifs is 1. The van der Waals surface area contributed by atoms with Gasteiger partial charge < -0.3 is 43.7 Å². The van der Waals surface area contributed by atoms with E-state index in [2.05, 4.69) is 5.32 Å². The molecule has 2 aliphatic rings. The number of amides is 2. The van der Waals surface area contributed by atoms with Crippen LogP contribution in [0.2, 0.25) is 0 Å². The molecular weight excluding hydrogens is 558 g/mol. The SMILES string of the molecule is COc1cc(OC)c2c(c1)OC(c1cc(OC)c(OC)c(OC)c1)=C(CCCON1CCC(NC(=O)N(C)C)CC1)C2O. The van der Waals surface area contributed by atoms with Crippen molar-refractivity contribution in [1.29, 1.82) is 0 Å². The summed E-state index contributed by atoms with van der Waals surface area (Å²) in [7, 11) is 11.2. The van der Waals surface area contributed by atoms with Crippen LogP contribution in [0.1, 0.15) is 42.9 Å². The number of hydrogen-bond acceptors (Lipinski definition) is 10. The zero-order chi connectivity index (χ0) is 31.1. The summed E-state index contributed by atoms with van der Waals surface area (Å²) in [5.74, 6) is 3.28. The van der Waals surface area contributed by atoms with E-state index in [1.165, 1.54) is 4.90 Å². The molecule has 1 fully saturated rings. The number of nitrogens with one attached hydrogen (secondary N) is 1. The predicted molar refractivity (Wildman–Crippen MR) is 160 cm³/mol. The number of aliphatic hydroxyl groups excluding tert-OH is 1. The Morgan fingerprint density at radius 3 is 2.16 bits per heavy atom. The van der Waals surface area contributed by atoms with Gasteiger partial charge in [-0.15, -0.1) is 0 Å². The van der Waals surface area contributed by atoms with Gasteiger partial charge in [-0.3, -0.25) is 4.84 Å². The highest BCUT2D eigenvalue weighted by atomic mass is 16.7. The zero-order valence-electron chi connectivity index (χ0n) is 26.0. The molecule has 4 rings (SSSR count). The van der Waals surface area contributed by atoms with Gasteiger partial charge in [0, 0.05) is 56.5 Å². The molecule has 1 atom stereocenters. The van der Waals surface area contributed by atoms with E-state index >= 15 is 0 Å². The topological polar surface area (TPSA) is 120 Å². The van der Waals surface area contributed by atoms with Crippen LogP contribution in [0.5, 0.6) is 34.5 Å². The van der Waals surface area contributed by atoms with Crippen molar-refractivity contribution in [2.75, 3.05) is 69.3 Å². The van der Waals surface area contributed by atoms with Crippen molar-refractivity contribution in [3.8, 4) is 34.5 Å². The van der Waals surface area contributed by atoms with Crippen LogP contribution < -0.4 is 33.7 Å². The van der Waals surface area contributed by atoms with Crippen molar-refractivity contribution in [2.24, 2.45) is 0 Å². The van der Waals surface area contributed by atoms with Crippen molar-refractivity contribution in [2.45, 2.75) is 37.8 Å². The minimum absolute atomic E-state index is 0.0829. The van der Waals surface area contributed by atoms with Crippen LogP contribution in [0.3, 0.4) is 0 Å². The van der Waals surface area contributed by atoms with Crippen molar-refractivity contribution < 1.29 is 43.2 Å². The van der Waals surface area contributed by atoms with Gasteiger partial charge in [-0.25, -0.2) is 4.79 Å². The molecule has 1 saturated heterocycles. The molecule has 0 spiro atoms. The van der Waals surface area contributed by atoms with Crippen LogP contribution in [0.25, 0.3) is 5.76 Å². The second-order valence-electron chi connectivity index (χ2n) is 10.5. The van der Waals surface area contributed by atoms with Crippen LogP contribution in [-0.4, -0.2) is 96.5 Å². The lowest BCUT2D eigenvalue weighted by Gasteiger charge is -2.32. The molecule has 0 saturated carbocycles. The van der Waals surface area contributed by atoms with Crippen LogP contribution in [0, 0.1) is 0 Å². The van der Waals surface area contributed by atoms with Gasteiger partial charge in [-0.2, -0.15) is 5.06 Å². The number of ether oxygens (including phenoxy) is 6. The molecule has 2 aromatic carbocycles. The number of hydrogen-bond donors (Lipinski definition) is 2. The summed E-state index contributed by atoms with van der Waals surface area (Å²) in [6, 6.07) is 7.08. The lowest BCUT2D eigenvalue weighted by Crippen LogP contribution is -2.47. The second kappa shape index (κ2) is 14.5. The average Bonchev–Trinajstić information content (AvgIpc) is 3.02. The molecule has 0 radical (unpaired) electrons. The van der Waals surface area contributed by atoms with E-state index in [-0.39, 0.29) is 12.1 Å². The van der Waals surface area contributed by atoms with E-state index in [1.54, 1.807) is 73.9 Å². The highest BCUT2D eigenvalue weighted by Gasteiger charge is 2.33. The van der Waals surface area contributed by atoms with E-state index in [9.17, 15) is 9.90 Å². The maximum atomic E-state index is 12.0. The highest BCUT2D eigenvalue weighted by Crippen LogP contribution is 2.50. The third kappa shape index (κ3) is 7.20. The summed E-state index contributed by atoms with van der Waals surface area (Å²) in [6.07, 6.45) is 1.71. The largest absolute Gasteiger partial charge is 0.496 e. The molecule has 12 nitrogen and oxygen atoms in total. The maximum Gasteiger partial charge on any atom is 0.317 e. The summed E-state index contributed by atoms with van der Waals surface area (Å²) < 4.78 is 34.2. The molecule has 2 amide bonds. The first-order chi connectivity index (χ1) is 20.7. The summed E-state index contributed by atoms with van der Waals surface area (Å²) in [6.45, 7) is 1.88. The van der Waals surface area contributed by atoms with Crippen molar-refractivity contribution in [3.63, 3.8) is 0 Å². The van der Waals surface area contributed by atoms with Gasteiger partial charge >= 0.3 is 6.03 Å². The Kier molecular flexibility index (Phi) is 10.8. The summed E-state index contributed by atoms with van der Waals surface area (Å²) in [5.41, 5.74) is 1.84. The summed E-state index contributed by atoms with van der Waals surface area (Å²) >= 11 is 0. The molecule has 2 aromatic rings. The number of nitrogens with zero attached hydrogens (tertiary/aromatic N) is 2. The normalized spacial score (nSPS) is 17.1. The van der Waals surface area contributed by atoms with E-state index in [0.29, 0.717) is 76.4 Å². The number of carbonyl (C=O) groups is 1. The number of urea groups is 1. The smallest absolute Gasteiger partial charge is 0.317 e. The maximum absolute atomic E-state index is 12.0. The molecule has 2 aliphatic heterocycles. The van der Waals surface area contributed by atoms with E-state index in [4.69, 9.17) is 33.3 Å². The van der Waals surface area contributed by atoms with Crippen molar-refractivity contribution >= 4 is 11.8 Å². The highest BCUT2D eigenvalue weighted by molar-refractivity contribution is 5.75. The number of aliphatic hydroxyl groups is 1. The number of benzene rings is 2. The fourth-order valence-electron chi connectivity index (χ4n) is 5.29. The molecular formula is C31H43N3O9. The number of piperidine rings is 1. The van der Waals surface area contributed by atoms with E-state index in [1.807, 2.05) is 5.06 Å². The Balaban J connectivity index is 1.55. The molecule has 12 heteroatoms. The first-order valence-corrected chi connectivity index (χ1v) is 14.2. The van der Waals surface area contributed by atoms with Gasteiger partial charge in [-0.05, 0) is 37.8 Å². The zero-order valence-corrected chi connectivity index (χ0v) is 26.0. The molecule has 43 heavy (non-hydrogen) atoms. The summed E-state index contributed by atoms with van der Waals surface area (Å²) in [5, 5.41) is 16.7. The van der Waals surface area contributed by atoms with Crippen molar-refractivity contribution in [1.82, 2.24) is 15.3 Å². The Hall–Kier alpha value is -3.87. The van der Waals surface area contributed by atoms with Gasteiger partial charge in [0.05, 0.1) is 47.7 Å². The lowest BCUT2D eigenvalue weighted by molar-refractivity contribution is -0.171. The molecule has 0 aliphatic carbocycles. The first-order valence-electron chi connectivity index (χ1n) is 14.2. The Bertz CT molecular complexity index is 1280. The average molecular weight is 602 g/mol. The monoisotopic (exact) mass is 601 g/mol. The van der Waals surface area contributed by atoms with Gasteiger partial charge in [0.1, 0.15) is 29.1 Å². The minimum Gasteiger partial charge on any atom is -0.496 e. The quantitative estimate of drug-likeness (QED) is 0.345. The molecule has 0 bridgehead atoms. The van der Waals surface area contributed by atoms with E-state index < -0.39 is 6.10 Å².